The molecule has 7 nitrogen and oxygen atoms in total. The Bertz CT molecular complexity index is 382. The van der Waals surface area contributed by atoms with Gasteiger partial charge in [0.25, 0.3) is 5.91 Å². The van der Waals surface area contributed by atoms with Crippen LogP contribution in [-0.4, -0.2) is 58.5 Å². The number of oxime groups is 1. The van der Waals surface area contributed by atoms with Crippen LogP contribution >= 0.6 is 0 Å². The predicted octanol–water partition coefficient (Wildman–Crippen LogP) is -0.553. The summed E-state index contributed by atoms with van der Waals surface area (Å²) in [5, 5.41) is 21.2. The molecule has 1 fully saturated rings. The Hall–Kier alpha value is -1.63. The standard InChI is InChI=1S/C11H16N2O5/c14-6-7-2-1-3-13(5-7)10(15)9-4-8(11(16)17)12-18-9/h7,9,14H,1-6H2,(H,16,17). The molecule has 0 radical (unpaired) electrons. The average Bonchev–Trinajstić information content (AvgIpc) is 2.87. The second-order valence-electron chi connectivity index (χ2n) is 4.62. The number of likely N-dealkylation sites (tertiary alicyclic amines) is 1. The highest BCUT2D eigenvalue weighted by molar-refractivity contribution is 6.36. The van der Waals surface area contributed by atoms with Crippen LogP contribution < -0.4 is 0 Å². The van der Waals surface area contributed by atoms with E-state index in [-0.39, 0.29) is 30.6 Å². The molecule has 1 amide bonds. The lowest BCUT2D eigenvalue weighted by Gasteiger charge is -2.32. The van der Waals surface area contributed by atoms with Crippen LogP contribution in [0.3, 0.4) is 0 Å². The molecule has 0 saturated carbocycles. The third-order valence-electron chi connectivity index (χ3n) is 3.28. The maximum atomic E-state index is 12.1. The van der Waals surface area contributed by atoms with E-state index in [2.05, 4.69) is 5.16 Å². The number of amides is 1. The van der Waals surface area contributed by atoms with Gasteiger partial charge < -0.3 is 20.0 Å². The fraction of sp³-hybridized carbons (Fsp3) is 0.727. The van der Waals surface area contributed by atoms with E-state index in [0.717, 1.165) is 12.8 Å². The summed E-state index contributed by atoms with van der Waals surface area (Å²) in [6, 6.07) is 0. The first-order valence-corrected chi connectivity index (χ1v) is 5.97. The Labute approximate surface area is 104 Å². The summed E-state index contributed by atoms with van der Waals surface area (Å²) >= 11 is 0. The third-order valence-corrected chi connectivity index (χ3v) is 3.28. The second kappa shape index (κ2) is 5.34. The van der Waals surface area contributed by atoms with Gasteiger partial charge >= 0.3 is 5.97 Å². The molecule has 0 spiro atoms. The minimum atomic E-state index is -1.16. The fourth-order valence-electron chi connectivity index (χ4n) is 2.25. The van der Waals surface area contributed by atoms with E-state index in [0.29, 0.717) is 13.1 Å². The Balaban J connectivity index is 1.91. The number of aliphatic carboxylic acids is 1. The van der Waals surface area contributed by atoms with Crippen molar-refractivity contribution in [2.45, 2.75) is 25.4 Å². The molecule has 100 valence electrons. The van der Waals surface area contributed by atoms with E-state index in [1.165, 1.54) is 0 Å². The molecule has 7 heteroatoms. The molecule has 1 saturated heterocycles. The number of nitrogens with zero attached hydrogens (tertiary/aromatic N) is 2. The quantitative estimate of drug-likeness (QED) is 0.705. The Morgan fingerprint density at radius 1 is 1.50 bits per heavy atom. The van der Waals surface area contributed by atoms with Gasteiger partial charge in [-0.05, 0) is 18.8 Å². The summed E-state index contributed by atoms with van der Waals surface area (Å²) < 4.78 is 0. The molecular weight excluding hydrogens is 240 g/mol. The van der Waals surface area contributed by atoms with Crippen molar-refractivity contribution in [3.8, 4) is 0 Å². The van der Waals surface area contributed by atoms with Gasteiger partial charge in [0, 0.05) is 26.1 Å². The lowest BCUT2D eigenvalue weighted by atomic mass is 9.98. The van der Waals surface area contributed by atoms with Gasteiger partial charge in [-0.2, -0.15) is 0 Å². The molecule has 0 aromatic rings. The minimum absolute atomic E-state index is 0.00839. The molecule has 0 aromatic carbocycles. The molecular formula is C11H16N2O5. The zero-order chi connectivity index (χ0) is 13.1. The minimum Gasteiger partial charge on any atom is -0.477 e. The number of hydrogen-bond acceptors (Lipinski definition) is 5. The monoisotopic (exact) mass is 256 g/mol. The van der Waals surface area contributed by atoms with Gasteiger partial charge in [-0.15, -0.1) is 0 Å². The van der Waals surface area contributed by atoms with Crippen molar-refractivity contribution in [1.82, 2.24) is 4.90 Å². The number of aliphatic hydroxyl groups excluding tert-OH is 1. The van der Waals surface area contributed by atoms with Crippen molar-refractivity contribution in [1.29, 1.82) is 0 Å². The first kappa shape index (κ1) is 12.8. The van der Waals surface area contributed by atoms with Crippen molar-refractivity contribution in [2.75, 3.05) is 19.7 Å². The number of carbonyl (C=O) groups excluding carboxylic acids is 1. The zero-order valence-corrected chi connectivity index (χ0v) is 9.91. The third kappa shape index (κ3) is 2.61. The molecule has 2 rings (SSSR count). The molecule has 2 aliphatic heterocycles. The molecule has 0 aliphatic carbocycles. The van der Waals surface area contributed by atoms with Crippen LogP contribution in [0.4, 0.5) is 0 Å². The number of hydrogen-bond donors (Lipinski definition) is 2. The van der Waals surface area contributed by atoms with Crippen molar-refractivity contribution in [2.24, 2.45) is 11.1 Å². The summed E-state index contributed by atoms with van der Waals surface area (Å²) in [7, 11) is 0. The highest BCUT2D eigenvalue weighted by Gasteiger charge is 2.35. The van der Waals surface area contributed by atoms with E-state index in [4.69, 9.17) is 15.1 Å². The van der Waals surface area contributed by atoms with Crippen molar-refractivity contribution in [3.05, 3.63) is 0 Å². The first-order valence-electron chi connectivity index (χ1n) is 5.97. The predicted molar refractivity (Wildman–Crippen MR) is 61.0 cm³/mol. The van der Waals surface area contributed by atoms with Crippen LogP contribution in [0.2, 0.25) is 0 Å². The Morgan fingerprint density at radius 3 is 2.89 bits per heavy atom. The molecule has 0 aromatic heterocycles. The van der Waals surface area contributed by atoms with Crippen LogP contribution in [0, 0.1) is 5.92 Å². The lowest BCUT2D eigenvalue weighted by Crippen LogP contribution is -2.45. The van der Waals surface area contributed by atoms with Crippen molar-refractivity contribution >= 4 is 17.6 Å². The van der Waals surface area contributed by atoms with Gasteiger partial charge in [-0.1, -0.05) is 5.16 Å². The van der Waals surface area contributed by atoms with Crippen molar-refractivity contribution < 1.29 is 24.6 Å². The molecule has 2 unspecified atom stereocenters. The van der Waals surface area contributed by atoms with Crippen LogP contribution in [0.15, 0.2) is 5.16 Å². The molecule has 2 aliphatic rings. The summed E-state index contributed by atoms with van der Waals surface area (Å²) in [6.07, 6.45) is 0.932. The molecule has 2 atom stereocenters. The number of aliphatic hydroxyl groups is 1. The molecule has 2 heterocycles. The molecule has 18 heavy (non-hydrogen) atoms. The first-order chi connectivity index (χ1) is 8.61. The van der Waals surface area contributed by atoms with Crippen LogP contribution in [0.1, 0.15) is 19.3 Å². The number of carbonyl (C=O) groups is 2. The van der Waals surface area contributed by atoms with Gasteiger partial charge in [0.1, 0.15) is 0 Å². The van der Waals surface area contributed by atoms with E-state index in [1.807, 2.05) is 0 Å². The van der Waals surface area contributed by atoms with E-state index in [1.54, 1.807) is 4.90 Å². The van der Waals surface area contributed by atoms with Gasteiger partial charge in [0.05, 0.1) is 0 Å². The zero-order valence-electron chi connectivity index (χ0n) is 9.91. The van der Waals surface area contributed by atoms with Gasteiger partial charge in [0.2, 0.25) is 6.10 Å². The Kier molecular flexibility index (Phi) is 3.81. The largest absolute Gasteiger partial charge is 0.477 e. The number of carboxylic acid groups (broad SMARTS) is 1. The van der Waals surface area contributed by atoms with Crippen LogP contribution in [-0.2, 0) is 14.4 Å². The van der Waals surface area contributed by atoms with Crippen molar-refractivity contribution in [3.63, 3.8) is 0 Å². The van der Waals surface area contributed by atoms with Gasteiger partial charge in [-0.25, -0.2) is 4.79 Å². The van der Waals surface area contributed by atoms with E-state index < -0.39 is 12.1 Å². The summed E-state index contributed by atoms with van der Waals surface area (Å²) in [4.78, 5) is 29.2. The highest BCUT2D eigenvalue weighted by Crippen LogP contribution is 2.20. The smallest absolute Gasteiger partial charge is 0.353 e. The van der Waals surface area contributed by atoms with E-state index >= 15 is 0 Å². The highest BCUT2D eigenvalue weighted by atomic mass is 16.6. The number of piperidine rings is 1. The normalized spacial score (nSPS) is 27.6. The maximum absolute atomic E-state index is 12.1. The SMILES string of the molecule is O=C(O)C1=NOC(C(=O)N2CCCC(CO)C2)C1. The second-order valence-corrected chi connectivity index (χ2v) is 4.62. The topological polar surface area (TPSA) is 99.4 Å². The lowest BCUT2D eigenvalue weighted by molar-refractivity contribution is -0.144. The summed E-state index contributed by atoms with van der Waals surface area (Å²) in [6.45, 7) is 1.18. The molecule has 0 bridgehead atoms. The average molecular weight is 256 g/mol. The van der Waals surface area contributed by atoms with Gasteiger partial charge in [0.15, 0.2) is 5.71 Å². The maximum Gasteiger partial charge on any atom is 0.353 e. The molecule has 2 N–H and O–H groups in total. The van der Waals surface area contributed by atoms with Gasteiger partial charge in [-0.3, -0.25) is 4.79 Å². The Morgan fingerprint density at radius 2 is 2.28 bits per heavy atom. The number of carboxylic acids is 1. The number of rotatable bonds is 3. The summed E-state index contributed by atoms with van der Waals surface area (Å²) in [5.41, 5.74) is -0.121. The fourth-order valence-corrected chi connectivity index (χ4v) is 2.25. The van der Waals surface area contributed by atoms with Crippen LogP contribution in [0.5, 0.6) is 0 Å². The van der Waals surface area contributed by atoms with Crippen LogP contribution in [0.25, 0.3) is 0 Å². The van der Waals surface area contributed by atoms with E-state index in [9.17, 15) is 9.59 Å². The summed E-state index contributed by atoms with van der Waals surface area (Å²) in [5.74, 6) is -1.30.